The Morgan fingerprint density at radius 1 is 1.14 bits per heavy atom. The smallest absolute Gasteiger partial charge is 0.433 e. The first-order valence-corrected chi connectivity index (χ1v) is 9.33. The number of carbonyl (C=O) groups is 1. The second kappa shape index (κ2) is 11.9. The molecule has 0 aliphatic heterocycles. The van der Waals surface area contributed by atoms with Crippen LogP contribution in [0.5, 0.6) is 0 Å². The molecule has 0 spiro atoms. The highest BCUT2D eigenvalue weighted by atomic mass is 28.4. The van der Waals surface area contributed by atoms with Gasteiger partial charge in [0, 0.05) is 31.9 Å². The Kier molecular flexibility index (Phi) is 11.5. The molecule has 0 bridgehead atoms. The van der Waals surface area contributed by atoms with Gasteiger partial charge in [-0.3, -0.25) is 0 Å². The van der Waals surface area contributed by atoms with Gasteiger partial charge in [0.2, 0.25) is 0 Å². The molecule has 0 amide bonds. The van der Waals surface area contributed by atoms with Crippen LogP contribution in [0.2, 0.25) is 6.04 Å². The first kappa shape index (κ1) is 20.3. The van der Waals surface area contributed by atoms with Gasteiger partial charge in [-0.2, -0.15) is 0 Å². The number of rotatable bonds is 13. The molecule has 0 aliphatic carbocycles. The van der Waals surface area contributed by atoms with Crippen molar-refractivity contribution in [2.45, 2.75) is 46.4 Å². The SMILES string of the molecule is C=CC(=O)OC(C)OCCC[Si](OCC)(OCC)OCC. The molecule has 0 aromatic rings. The lowest BCUT2D eigenvalue weighted by molar-refractivity contribution is -0.168. The van der Waals surface area contributed by atoms with Crippen LogP contribution in [-0.4, -0.2) is 47.5 Å². The van der Waals surface area contributed by atoms with Crippen LogP contribution in [-0.2, 0) is 27.5 Å². The zero-order valence-electron chi connectivity index (χ0n) is 13.6. The predicted octanol–water partition coefficient (Wildman–Crippen LogP) is 2.52. The first-order valence-electron chi connectivity index (χ1n) is 7.40. The van der Waals surface area contributed by atoms with E-state index in [1.165, 1.54) is 0 Å². The Hall–Kier alpha value is -0.733. The lowest BCUT2D eigenvalue weighted by Crippen LogP contribution is -2.46. The number of ether oxygens (including phenoxy) is 2. The van der Waals surface area contributed by atoms with Crippen molar-refractivity contribution in [2.75, 3.05) is 26.4 Å². The Labute approximate surface area is 128 Å². The van der Waals surface area contributed by atoms with Gasteiger partial charge in [0.25, 0.3) is 0 Å². The minimum Gasteiger partial charge on any atom is -0.433 e. The normalized spacial score (nSPS) is 13.0. The molecular formula is C14H28O6Si. The maximum atomic E-state index is 11.0. The summed E-state index contributed by atoms with van der Waals surface area (Å²) in [7, 11) is -2.61. The van der Waals surface area contributed by atoms with E-state index in [-0.39, 0.29) is 0 Å². The number of esters is 1. The zero-order chi connectivity index (χ0) is 16.1. The highest BCUT2D eigenvalue weighted by Crippen LogP contribution is 2.18. The zero-order valence-corrected chi connectivity index (χ0v) is 14.6. The summed E-state index contributed by atoms with van der Waals surface area (Å²) in [6.07, 6.45) is 1.22. The fraction of sp³-hybridized carbons (Fsp3) is 0.786. The molecule has 6 nitrogen and oxygen atoms in total. The van der Waals surface area contributed by atoms with E-state index in [9.17, 15) is 4.79 Å². The molecule has 21 heavy (non-hydrogen) atoms. The summed E-state index contributed by atoms with van der Waals surface area (Å²) in [5, 5.41) is 0. The molecular weight excluding hydrogens is 292 g/mol. The van der Waals surface area contributed by atoms with Gasteiger partial charge in [0.05, 0.1) is 6.61 Å². The lowest BCUT2D eigenvalue weighted by Gasteiger charge is -2.28. The van der Waals surface area contributed by atoms with Crippen LogP contribution in [0.1, 0.15) is 34.1 Å². The Morgan fingerprint density at radius 2 is 1.67 bits per heavy atom. The topological polar surface area (TPSA) is 63.2 Å². The average molecular weight is 320 g/mol. The summed E-state index contributed by atoms with van der Waals surface area (Å²) in [6, 6.07) is 0.671. The second-order valence-corrected chi connectivity index (χ2v) is 6.90. The van der Waals surface area contributed by atoms with Gasteiger partial charge < -0.3 is 22.8 Å². The van der Waals surface area contributed by atoms with Crippen LogP contribution in [0, 0.1) is 0 Å². The monoisotopic (exact) mass is 320 g/mol. The molecule has 0 heterocycles. The molecule has 1 atom stereocenters. The van der Waals surface area contributed by atoms with Crippen molar-refractivity contribution in [1.82, 2.24) is 0 Å². The quantitative estimate of drug-likeness (QED) is 0.171. The molecule has 0 aliphatic rings. The maximum Gasteiger partial charge on any atom is 0.501 e. The largest absolute Gasteiger partial charge is 0.501 e. The van der Waals surface area contributed by atoms with Gasteiger partial charge in [-0.15, -0.1) is 0 Å². The van der Waals surface area contributed by atoms with Crippen LogP contribution >= 0.6 is 0 Å². The van der Waals surface area contributed by atoms with Crippen LogP contribution in [0.3, 0.4) is 0 Å². The van der Waals surface area contributed by atoms with E-state index < -0.39 is 21.1 Å². The molecule has 0 saturated carbocycles. The molecule has 0 aromatic carbocycles. The van der Waals surface area contributed by atoms with Crippen molar-refractivity contribution in [3.8, 4) is 0 Å². The Balaban J connectivity index is 4.17. The maximum absolute atomic E-state index is 11.0. The standard InChI is InChI=1S/C14H28O6Si/c1-6-14(15)20-13(5)16-11-10-12-21(17-7-2,18-8-3)19-9-4/h6,13H,1,7-12H2,2-5H3. The van der Waals surface area contributed by atoms with Crippen LogP contribution < -0.4 is 0 Å². The van der Waals surface area contributed by atoms with E-state index in [4.69, 9.17) is 22.8 Å². The lowest BCUT2D eigenvalue weighted by atomic mass is 10.5. The van der Waals surface area contributed by atoms with Crippen molar-refractivity contribution in [1.29, 1.82) is 0 Å². The van der Waals surface area contributed by atoms with Crippen LogP contribution in [0.25, 0.3) is 0 Å². The molecule has 124 valence electrons. The van der Waals surface area contributed by atoms with Crippen molar-refractivity contribution >= 4 is 14.8 Å². The third-order valence-electron chi connectivity index (χ3n) is 2.52. The summed E-state index contributed by atoms with van der Waals surface area (Å²) < 4.78 is 27.5. The second-order valence-electron chi connectivity index (χ2n) is 4.17. The summed E-state index contributed by atoms with van der Waals surface area (Å²) in [5.41, 5.74) is 0. The van der Waals surface area contributed by atoms with Crippen molar-refractivity contribution in [2.24, 2.45) is 0 Å². The number of hydrogen-bond donors (Lipinski definition) is 0. The third kappa shape index (κ3) is 9.00. The van der Waals surface area contributed by atoms with Gasteiger partial charge in [0.15, 0.2) is 6.29 Å². The van der Waals surface area contributed by atoms with E-state index >= 15 is 0 Å². The van der Waals surface area contributed by atoms with Crippen molar-refractivity contribution in [3.05, 3.63) is 12.7 Å². The molecule has 0 radical (unpaired) electrons. The van der Waals surface area contributed by atoms with Gasteiger partial charge in [-0.05, 0) is 34.1 Å². The number of hydrogen-bond acceptors (Lipinski definition) is 6. The average Bonchev–Trinajstić information content (AvgIpc) is 2.44. The summed E-state index contributed by atoms with van der Waals surface area (Å²) in [6.45, 7) is 12.9. The predicted molar refractivity (Wildman–Crippen MR) is 81.8 cm³/mol. The van der Waals surface area contributed by atoms with E-state index in [1.807, 2.05) is 20.8 Å². The van der Waals surface area contributed by atoms with Crippen molar-refractivity contribution in [3.63, 3.8) is 0 Å². The Morgan fingerprint density at radius 3 is 2.10 bits per heavy atom. The molecule has 0 fully saturated rings. The van der Waals surface area contributed by atoms with E-state index in [0.717, 1.165) is 6.08 Å². The van der Waals surface area contributed by atoms with Gasteiger partial charge >= 0.3 is 14.8 Å². The van der Waals surface area contributed by atoms with E-state index in [1.54, 1.807) is 6.92 Å². The highest BCUT2D eigenvalue weighted by Gasteiger charge is 2.39. The molecule has 0 rings (SSSR count). The summed E-state index contributed by atoms with van der Waals surface area (Å²) in [5.74, 6) is -0.496. The number of carbonyl (C=O) groups excluding carboxylic acids is 1. The molecule has 0 aromatic heterocycles. The van der Waals surface area contributed by atoms with Gasteiger partial charge in [-0.25, -0.2) is 4.79 Å². The van der Waals surface area contributed by atoms with Crippen LogP contribution in [0.4, 0.5) is 0 Å². The van der Waals surface area contributed by atoms with E-state index in [0.29, 0.717) is 38.9 Å². The van der Waals surface area contributed by atoms with Gasteiger partial charge in [-0.1, -0.05) is 6.58 Å². The first-order chi connectivity index (χ1) is 10.0. The highest BCUT2D eigenvalue weighted by molar-refractivity contribution is 6.60. The minimum absolute atomic E-state index is 0.438. The van der Waals surface area contributed by atoms with E-state index in [2.05, 4.69) is 6.58 Å². The third-order valence-corrected chi connectivity index (χ3v) is 5.67. The minimum atomic E-state index is -2.61. The fourth-order valence-electron chi connectivity index (χ4n) is 1.78. The molecule has 7 heteroatoms. The van der Waals surface area contributed by atoms with Gasteiger partial charge in [0.1, 0.15) is 0 Å². The summed E-state index contributed by atoms with van der Waals surface area (Å²) in [4.78, 5) is 11.0. The molecule has 0 saturated heterocycles. The Bertz CT molecular complexity index is 280. The summed E-state index contributed by atoms with van der Waals surface area (Å²) >= 11 is 0. The molecule has 1 unspecified atom stereocenters. The fourth-order valence-corrected chi connectivity index (χ4v) is 4.36. The van der Waals surface area contributed by atoms with Crippen LogP contribution in [0.15, 0.2) is 12.7 Å². The molecule has 0 N–H and O–H groups in total. The van der Waals surface area contributed by atoms with Crippen molar-refractivity contribution < 1.29 is 27.5 Å².